The smallest absolute Gasteiger partial charge is 0.330 e. The minimum absolute atomic E-state index is 0.00176. The predicted molar refractivity (Wildman–Crippen MR) is 91.9 cm³/mol. The average Bonchev–Trinajstić information content (AvgIpc) is 2.49. The molecule has 2 atom stereocenters. The molecule has 0 radical (unpaired) electrons. The zero-order chi connectivity index (χ0) is 18.2. The van der Waals surface area contributed by atoms with Crippen LogP contribution in [0.15, 0.2) is 46.4 Å². The Hall–Kier alpha value is -1.73. The average molecular weight is 358 g/mol. The SMILES string of the molecule is C=CCOCC(OC(/C=C/P(C)(C)=O)CO)n1ccc(=O)[nH]c1=O. The molecule has 1 rings (SSSR count). The Morgan fingerprint density at radius 2 is 2.17 bits per heavy atom. The number of H-pyrrole nitrogens is 1. The van der Waals surface area contributed by atoms with Gasteiger partial charge < -0.3 is 19.1 Å². The highest BCUT2D eigenvalue weighted by Gasteiger charge is 2.18. The second-order valence-corrected chi connectivity index (χ2v) is 8.60. The summed E-state index contributed by atoms with van der Waals surface area (Å²) < 4.78 is 23.9. The first kappa shape index (κ1) is 20.3. The zero-order valence-electron chi connectivity index (χ0n) is 13.8. The van der Waals surface area contributed by atoms with Crippen LogP contribution < -0.4 is 11.2 Å². The van der Waals surface area contributed by atoms with Crippen molar-refractivity contribution < 1.29 is 19.1 Å². The Bertz CT molecular complexity index is 717. The highest BCUT2D eigenvalue weighted by atomic mass is 31.2. The Labute approximate surface area is 139 Å². The van der Waals surface area contributed by atoms with Gasteiger partial charge in [0.25, 0.3) is 5.56 Å². The van der Waals surface area contributed by atoms with Crippen LogP contribution >= 0.6 is 7.14 Å². The van der Waals surface area contributed by atoms with Gasteiger partial charge in [0.1, 0.15) is 13.2 Å². The number of aliphatic hydroxyl groups is 1. The van der Waals surface area contributed by atoms with Crippen LogP contribution in [0.3, 0.4) is 0 Å². The number of nitrogens with zero attached hydrogens (tertiary/aromatic N) is 1. The van der Waals surface area contributed by atoms with Crippen LogP contribution in [0.4, 0.5) is 0 Å². The molecule has 2 N–H and O–H groups in total. The molecule has 0 aliphatic carbocycles. The standard InChI is InChI=1S/C15H23N2O6P/c1-4-8-22-11-14(17-7-5-13(19)16-15(17)20)23-12(10-18)6-9-24(2,3)21/h4-7,9,12,14,18H,1,8,10-11H2,2-3H3,(H,16,19,20)/b9-6+. The van der Waals surface area contributed by atoms with Gasteiger partial charge in [0, 0.05) is 12.3 Å². The van der Waals surface area contributed by atoms with E-state index in [1.807, 2.05) is 0 Å². The minimum atomic E-state index is -2.42. The fraction of sp³-hybridized carbons (Fsp3) is 0.467. The number of hydrogen-bond acceptors (Lipinski definition) is 6. The Balaban J connectivity index is 3.01. The van der Waals surface area contributed by atoms with Gasteiger partial charge in [-0.3, -0.25) is 14.3 Å². The van der Waals surface area contributed by atoms with Crippen molar-refractivity contribution in [2.45, 2.75) is 12.3 Å². The van der Waals surface area contributed by atoms with Crippen LogP contribution in [0, 0.1) is 0 Å². The molecule has 134 valence electrons. The number of ether oxygens (including phenoxy) is 2. The lowest BCUT2D eigenvalue weighted by Crippen LogP contribution is -2.36. The van der Waals surface area contributed by atoms with Crippen molar-refractivity contribution in [2.24, 2.45) is 0 Å². The lowest BCUT2D eigenvalue weighted by atomic mass is 10.3. The van der Waals surface area contributed by atoms with Gasteiger partial charge in [-0.15, -0.1) is 6.58 Å². The second-order valence-electron chi connectivity index (χ2n) is 5.43. The van der Waals surface area contributed by atoms with E-state index in [4.69, 9.17) is 9.47 Å². The summed E-state index contributed by atoms with van der Waals surface area (Å²) in [7, 11) is -2.42. The van der Waals surface area contributed by atoms with Crippen LogP contribution in [-0.4, -0.2) is 53.9 Å². The van der Waals surface area contributed by atoms with Crippen molar-refractivity contribution in [3.05, 3.63) is 57.6 Å². The summed E-state index contributed by atoms with van der Waals surface area (Å²) in [5.41, 5.74) is -1.19. The third kappa shape index (κ3) is 7.23. The summed E-state index contributed by atoms with van der Waals surface area (Å²) in [6.07, 6.45) is 2.64. The number of hydrogen-bond donors (Lipinski definition) is 2. The van der Waals surface area contributed by atoms with E-state index in [-0.39, 0.29) is 19.8 Å². The molecule has 0 fully saturated rings. The third-order valence-corrected chi connectivity index (χ3v) is 3.72. The van der Waals surface area contributed by atoms with Crippen molar-refractivity contribution >= 4 is 7.14 Å². The van der Waals surface area contributed by atoms with Gasteiger partial charge in [0.15, 0.2) is 6.23 Å². The van der Waals surface area contributed by atoms with Crippen molar-refractivity contribution in [3.63, 3.8) is 0 Å². The van der Waals surface area contributed by atoms with E-state index in [1.54, 1.807) is 19.4 Å². The van der Waals surface area contributed by atoms with E-state index in [1.165, 1.54) is 24.2 Å². The van der Waals surface area contributed by atoms with Crippen LogP contribution in [0.2, 0.25) is 0 Å². The largest absolute Gasteiger partial charge is 0.393 e. The second kappa shape index (κ2) is 9.54. The van der Waals surface area contributed by atoms with E-state index >= 15 is 0 Å². The fourth-order valence-electron chi connectivity index (χ4n) is 1.75. The first-order valence-electron chi connectivity index (χ1n) is 7.27. The van der Waals surface area contributed by atoms with E-state index < -0.39 is 30.7 Å². The molecule has 2 unspecified atom stereocenters. The fourth-order valence-corrected chi connectivity index (χ4v) is 2.35. The normalized spacial score (nSPS) is 14.6. The van der Waals surface area contributed by atoms with Gasteiger partial charge in [0.2, 0.25) is 0 Å². The highest BCUT2D eigenvalue weighted by molar-refractivity contribution is 7.65. The molecule has 9 heteroatoms. The Morgan fingerprint density at radius 3 is 2.71 bits per heavy atom. The molecule has 0 bridgehead atoms. The third-order valence-electron chi connectivity index (χ3n) is 2.83. The summed E-state index contributed by atoms with van der Waals surface area (Å²) in [4.78, 5) is 25.2. The molecule has 0 aromatic carbocycles. The topological polar surface area (TPSA) is 111 Å². The molecule has 24 heavy (non-hydrogen) atoms. The maximum atomic E-state index is 11.9. The van der Waals surface area contributed by atoms with Gasteiger partial charge in [-0.1, -0.05) is 12.2 Å². The van der Waals surface area contributed by atoms with Gasteiger partial charge in [-0.25, -0.2) is 4.79 Å². The summed E-state index contributed by atoms with van der Waals surface area (Å²) in [5, 5.41) is 9.44. The zero-order valence-corrected chi connectivity index (χ0v) is 14.6. The summed E-state index contributed by atoms with van der Waals surface area (Å²) >= 11 is 0. The minimum Gasteiger partial charge on any atom is -0.393 e. The van der Waals surface area contributed by atoms with Crippen molar-refractivity contribution in [1.82, 2.24) is 9.55 Å². The molecule has 1 aromatic rings. The van der Waals surface area contributed by atoms with E-state index in [9.17, 15) is 19.3 Å². The molecule has 1 aromatic heterocycles. The van der Waals surface area contributed by atoms with Gasteiger partial charge in [0.05, 0.1) is 19.8 Å². The number of nitrogens with one attached hydrogen (secondary N) is 1. The molecule has 0 saturated carbocycles. The lowest BCUT2D eigenvalue weighted by molar-refractivity contribution is -0.0915. The van der Waals surface area contributed by atoms with Crippen LogP contribution in [0.25, 0.3) is 0 Å². The predicted octanol–water partition coefficient (Wildman–Crippen LogP) is 0.752. The van der Waals surface area contributed by atoms with Crippen LogP contribution in [0.1, 0.15) is 6.23 Å². The molecule has 0 amide bonds. The number of aliphatic hydroxyl groups excluding tert-OH is 1. The molecular weight excluding hydrogens is 335 g/mol. The van der Waals surface area contributed by atoms with Gasteiger partial charge >= 0.3 is 5.69 Å². The van der Waals surface area contributed by atoms with Gasteiger partial charge in [-0.05, 0) is 19.1 Å². The Kier molecular flexibility index (Phi) is 8.07. The quantitative estimate of drug-likeness (QED) is 0.363. The van der Waals surface area contributed by atoms with Crippen molar-refractivity contribution in [1.29, 1.82) is 0 Å². The molecule has 0 saturated heterocycles. The first-order valence-corrected chi connectivity index (χ1v) is 9.94. The maximum Gasteiger partial charge on any atom is 0.330 e. The van der Waals surface area contributed by atoms with E-state index in [0.29, 0.717) is 0 Å². The molecule has 0 aliphatic heterocycles. The summed E-state index contributed by atoms with van der Waals surface area (Å²) in [5.74, 6) is 1.48. The lowest BCUT2D eigenvalue weighted by Gasteiger charge is -2.23. The first-order chi connectivity index (χ1) is 11.3. The maximum absolute atomic E-state index is 11.9. The number of aromatic amines is 1. The monoisotopic (exact) mass is 358 g/mol. The molecule has 8 nitrogen and oxygen atoms in total. The molecule has 1 heterocycles. The van der Waals surface area contributed by atoms with Crippen molar-refractivity contribution in [3.8, 4) is 0 Å². The van der Waals surface area contributed by atoms with Crippen LogP contribution in [-0.2, 0) is 14.0 Å². The molecule has 0 aliphatic rings. The van der Waals surface area contributed by atoms with Gasteiger partial charge in [-0.2, -0.15) is 0 Å². The van der Waals surface area contributed by atoms with E-state index in [2.05, 4.69) is 11.6 Å². The molecule has 0 spiro atoms. The van der Waals surface area contributed by atoms with Crippen LogP contribution in [0.5, 0.6) is 0 Å². The van der Waals surface area contributed by atoms with Crippen molar-refractivity contribution in [2.75, 3.05) is 33.2 Å². The number of aromatic nitrogens is 2. The summed E-state index contributed by atoms with van der Waals surface area (Å²) in [6.45, 7) is 6.56. The molecular formula is C15H23N2O6P. The Morgan fingerprint density at radius 1 is 1.46 bits per heavy atom. The number of rotatable bonds is 10. The highest BCUT2D eigenvalue weighted by Crippen LogP contribution is 2.37. The summed E-state index contributed by atoms with van der Waals surface area (Å²) in [6, 6.07) is 1.18. The van der Waals surface area contributed by atoms with E-state index in [0.717, 1.165) is 4.57 Å².